The minimum Gasteiger partial charge on any atom is -0.504 e. The molecule has 1 fully saturated rings. The largest absolute Gasteiger partial charge is 0.504 e. The lowest BCUT2D eigenvalue weighted by Gasteiger charge is -2.05. The van der Waals surface area contributed by atoms with Gasteiger partial charge in [0.05, 0.1) is 11.5 Å². The molecule has 90 valence electrons. The third-order valence-corrected chi connectivity index (χ3v) is 4.81. The number of hydrogen-bond donors (Lipinski definition) is 1. The smallest absolute Gasteiger partial charge is 0.203 e. The fourth-order valence-electron chi connectivity index (χ4n) is 2.20. The maximum absolute atomic E-state index is 11.4. The van der Waals surface area contributed by atoms with Crippen molar-refractivity contribution in [3.63, 3.8) is 0 Å². The van der Waals surface area contributed by atoms with Crippen LogP contribution in [0.4, 0.5) is 0 Å². The van der Waals surface area contributed by atoms with E-state index < -0.39 is 9.84 Å². The van der Waals surface area contributed by atoms with Gasteiger partial charge in [-0.05, 0) is 18.6 Å². The lowest BCUT2D eigenvalue weighted by atomic mass is 10.1. The molecule has 0 aromatic carbocycles. The van der Waals surface area contributed by atoms with Crippen molar-refractivity contribution in [3.8, 4) is 5.75 Å². The summed E-state index contributed by atoms with van der Waals surface area (Å²) >= 11 is 0. The minimum absolute atomic E-state index is 0.0482. The van der Waals surface area contributed by atoms with E-state index >= 15 is 0 Å². The highest BCUT2D eigenvalue weighted by Gasteiger charge is 2.32. The zero-order chi connectivity index (χ0) is 12.0. The van der Waals surface area contributed by atoms with Gasteiger partial charge in [-0.2, -0.15) is 0 Å². The van der Waals surface area contributed by atoms with Gasteiger partial charge in [0.15, 0.2) is 15.6 Å². The van der Waals surface area contributed by atoms with Gasteiger partial charge in [-0.1, -0.05) is 0 Å². The van der Waals surface area contributed by atoms with Gasteiger partial charge in [-0.3, -0.25) is 4.40 Å². The molecule has 6 nitrogen and oxygen atoms in total. The first-order chi connectivity index (χ1) is 8.07. The summed E-state index contributed by atoms with van der Waals surface area (Å²) in [6.45, 7) is 0. The molecule has 0 saturated carbocycles. The van der Waals surface area contributed by atoms with Crippen molar-refractivity contribution in [1.29, 1.82) is 0 Å². The van der Waals surface area contributed by atoms with Gasteiger partial charge in [-0.25, -0.2) is 8.42 Å². The monoisotopic (exact) mass is 253 g/mol. The van der Waals surface area contributed by atoms with Gasteiger partial charge in [0.2, 0.25) is 5.65 Å². The number of hydrogen-bond acceptors (Lipinski definition) is 5. The molecule has 0 bridgehead atoms. The standard InChI is InChI=1S/C10H11N3O3S/c14-8-2-1-4-13-9(11-12-10(8)13)7-3-5-17(15,16)6-7/h1-2,4,7,14H,3,5-6H2. The third-order valence-electron chi connectivity index (χ3n) is 3.04. The number of aromatic nitrogens is 3. The van der Waals surface area contributed by atoms with Gasteiger partial charge >= 0.3 is 0 Å². The molecule has 7 heteroatoms. The highest BCUT2D eigenvalue weighted by atomic mass is 32.2. The molecular formula is C10H11N3O3S. The van der Waals surface area contributed by atoms with Crippen molar-refractivity contribution >= 4 is 15.5 Å². The molecule has 0 aliphatic carbocycles. The van der Waals surface area contributed by atoms with E-state index in [0.717, 1.165) is 0 Å². The van der Waals surface area contributed by atoms with E-state index in [1.165, 1.54) is 6.07 Å². The van der Waals surface area contributed by atoms with Crippen LogP contribution in [0.25, 0.3) is 5.65 Å². The second-order valence-electron chi connectivity index (χ2n) is 4.25. The molecule has 0 amide bonds. The van der Waals surface area contributed by atoms with Gasteiger partial charge in [0, 0.05) is 12.1 Å². The van der Waals surface area contributed by atoms with Gasteiger partial charge in [0.25, 0.3) is 0 Å². The SMILES string of the molecule is O=S1(=O)CCC(c2nnc3c(O)cccn23)C1. The zero-order valence-electron chi connectivity index (χ0n) is 8.94. The van der Waals surface area contributed by atoms with Crippen LogP contribution in [0.2, 0.25) is 0 Å². The summed E-state index contributed by atoms with van der Waals surface area (Å²) in [5.41, 5.74) is 0.367. The predicted molar refractivity (Wildman–Crippen MR) is 60.7 cm³/mol. The molecule has 0 radical (unpaired) electrons. The Balaban J connectivity index is 2.11. The number of pyridine rings is 1. The van der Waals surface area contributed by atoms with Crippen molar-refractivity contribution in [2.24, 2.45) is 0 Å². The molecule has 1 atom stereocenters. The quantitative estimate of drug-likeness (QED) is 0.792. The molecule has 2 aromatic rings. The highest BCUT2D eigenvalue weighted by molar-refractivity contribution is 7.91. The molecule has 0 spiro atoms. The van der Waals surface area contributed by atoms with E-state index in [4.69, 9.17) is 0 Å². The fraction of sp³-hybridized carbons (Fsp3) is 0.400. The van der Waals surface area contributed by atoms with E-state index in [-0.39, 0.29) is 23.2 Å². The van der Waals surface area contributed by atoms with Crippen LogP contribution >= 0.6 is 0 Å². The van der Waals surface area contributed by atoms with Crippen LogP contribution in [0, 0.1) is 0 Å². The summed E-state index contributed by atoms with van der Waals surface area (Å²) < 4.78 is 24.5. The molecule has 2 aromatic heterocycles. The number of sulfone groups is 1. The zero-order valence-corrected chi connectivity index (χ0v) is 9.76. The maximum atomic E-state index is 11.4. The number of aromatic hydroxyl groups is 1. The molecule has 3 heterocycles. The minimum atomic E-state index is -2.94. The summed E-state index contributed by atoms with van der Waals surface area (Å²) in [5.74, 6) is 0.843. The summed E-state index contributed by atoms with van der Waals surface area (Å²) in [7, 11) is -2.94. The topological polar surface area (TPSA) is 84.6 Å². The van der Waals surface area contributed by atoms with E-state index in [1.807, 2.05) is 0 Å². The molecule has 1 aliphatic heterocycles. The van der Waals surface area contributed by atoms with Crippen LogP contribution in [0.3, 0.4) is 0 Å². The Labute approximate surface area is 97.8 Å². The Bertz CT molecular complexity index is 677. The van der Waals surface area contributed by atoms with Gasteiger partial charge in [0.1, 0.15) is 5.82 Å². The van der Waals surface area contributed by atoms with Crippen LogP contribution in [0.5, 0.6) is 5.75 Å². The van der Waals surface area contributed by atoms with Crippen LogP contribution in [0.15, 0.2) is 18.3 Å². The number of fused-ring (bicyclic) bond motifs is 1. The first-order valence-electron chi connectivity index (χ1n) is 5.30. The van der Waals surface area contributed by atoms with Crippen molar-refractivity contribution in [1.82, 2.24) is 14.6 Å². The first kappa shape index (κ1) is 10.5. The maximum Gasteiger partial charge on any atom is 0.203 e. The van der Waals surface area contributed by atoms with Crippen LogP contribution in [-0.4, -0.2) is 39.6 Å². The normalized spacial score (nSPS) is 23.2. The lowest BCUT2D eigenvalue weighted by molar-refractivity contribution is 0.477. The average Bonchev–Trinajstić information content (AvgIpc) is 2.82. The van der Waals surface area contributed by atoms with Crippen LogP contribution in [-0.2, 0) is 9.84 Å². The third kappa shape index (κ3) is 1.66. The van der Waals surface area contributed by atoms with Crippen molar-refractivity contribution in [2.45, 2.75) is 12.3 Å². The average molecular weight is 253 g/mol. The first-order valence-corrected chi connectivity index (χ1v) is 7.12. The van der Waals surface area contributed by atoms with E-state index in [2.05, 4.69) is 10.2 Å². The van der Waals surface area contributed by atoms with Crippen molar-refractivity contribution in [3.05, 3.63) is 24.2 Å². The summed E-state index contributed by atoms with van der Waals surface area (Å²) in [5, 5.41) is 17.5. The second kappa shape index (κ2) is 3.43. The Morgan fingerprint density at radius 1 is 1.41 bits per heavy atom. The van der Waals surface area contributed by atoms with E-state index in [1.54, 1.807) is 16.7 Å². The molecular weight excluding hydrogens is 242 g/mol. The predicted octanol–water partition coefficient (Wildman–Crippen LogP) is 0.337. The Morgan fingerprint density at radius 3 is 2.94 bits per heavy atom. The summed E-state index contributed by atoms with van der Waals surface area (Å²) in [4.78, 5) is 0. The van der Waals surface area contributed by atoms with Gasteiger partial charge in [-0.15, -0.1) is 10.2 Å². The molecule has 1 unspecified atom stereocenters. The van der Waals surface area contributed by atoms with Crippen LogP contribution < -0.4 is 0 Å². The van der Waals surface area contributed by atoms with E-state index in [0.29, 0.717) is 17.9 Å². The lowest BCUT2D eigenvalue weighted by Crippen LogP contribution is -2.07. The van der Waals surface area contributed by atoms with Crippen LogP contribution in [0.1, 0.15) is 18.2 Å². The van der Waals surface area contributed by atoms with Crippen molar-refractivity contribution in [2.75, 3.05) is 11.5 Å². The number of nitrogens with zero attached hydrogens (tertiary/aromatic N) is 3. The second-order valence-corrected chi connectivity index (χ2v) is 6.47. The Morgan fingerprint density at radius 2 is 2.24 bits per heavy atom. The Hall–Kier alpha value is -1.63. The van der Waals surface area contributed by atoms with E-state index in [9.17, 15) is 13.5 Å². The fourth-order valence-corrected chi connectivity index (χ4v) is 3.94. The molecule has 1 N–H and O–H groups in total. The molecule has 1 aliphatic rings. The van der Waals surface area contributed by atoms with Gasteiger partial charge < -0.3 is 5.11 Å². The number of rotatable bonds is 1. The Kier molecular flexibility index (Phi) is 2.12. The molecule has 1 saturated heterocycles. The molecule has 3 rings (SSSR count). The summed E-state index contributed by atoms with van der Waals surface area (Å²) in [6, 6.07) is 3.21. The van der Waals surface area contributed by atoms with Crippen molar-refractivity contribution < 1.29 is 13.5 Å². The highest BCUT2D eigenvalue weighted by Crippen LogP contribution is 2.29. The summed E-state index contributed by atoms with van der Waals surface area (Å²) in [6.07, 6.45) is 2.30. The molecule has 17 heavy (non-hydrogen) atoms.